The summed E-state index contributed by atoms with van der Waals surface area (Å²) in [6, 6.07) is 0. The molecule has 0 fully saturated rings. The van der Waals surface area contributed by atoms with Crippen LogP contribution < -0.4 is 4.72 Å². The second-order valence-electron chi connectivity index (χ2n) is 3.32. The fourth-order valence-electron chi connectivity index (χ4n) is 1.03. The van der Waals surface area contributed by atoms with Crippen molar-refractivity contribution in [3.63, 3.8) is 0 Å². The van der Waals surface area contributed by atoms with E-state index in [1.807, 2.05) is 6.92 Å². The first-order chi connectivity index (χ1) is 6.62. The van der Waals surface area contributed by atoms with Crippen molar-refractivity contribution >= 4 is 21.6 Å². The zero-order valence-corrected chi connectivity index (χ0v) is 10.3. The molecule has 0 aliphatic carbocycles. The van der Waals surface area contributed by atoms with Crippen LogP contribution in [0.4, 0.5) is 0 Å². The highest BCUT2D eigenvalue weighted by molar-refractivity contribution is 7.89. The van der Waals surface area contributed by atoms with Crippen molar-refractivity contribution in [1.29, 1.82) is 0 Å². The third kappa shape index (κ3) is 8.78. The summed E-state index contributed by atoms with van der Waals surface area (Å²) < 4.78 is 25.2. The molecule has 3 nitrogen and oxygen atoms in total. The molecule has 0 radical (unpaired) electrons. The van der Waals surface area contributed by atoms with Gasteiger partial charge in [-0.3, -0.25) is 0 Å². The fraction of sp³-hybridized carbons (Fsp3) is 1.00. The van der Waals surface area contributed by atoms with Crippen LogP contribution in [0, 0.1) is 0 Å². The molecule has 1 N–H and O–H groups in total. The smallest absolute Gasteiger partial charge is 0.211 e. The molecule has 0 aromatic heterocycles. The molecule has 0 aliphatic rings. The summed E-state index contributed by atoms with van der Waals surface area (Å²) >= 11 is 5.50. The highest BCUT2D eigenvalue weighted by Crippen LogP contribution is 1.98. The average Bonchev–Trinajstić information content (AvgIpc) is 2.15. The summed E-state index contributed by atoms with van der Waals surface area (Å²) in [6.07, 6.45) is 4.46. The monoisotopic (exact) mass is 241 g/mol. The topological polar surface area (TPSA) is 46.2 Å². The summed E-state index contributed by atoms with van der Waals surface area (Å²) in [4.78, 5) is 0. The van der Waals surface area contributed by atoms with Crippen molar-refractivity contribution in [3.8, 4) is 0 Å². The highest BCUT2D eigenvalue weighted by atomic mass is 35.5. The van der Waals surface area contributed by atoms with E-state index in [0.717, 1.165) is 32.1 Å². The van der Waals surface area contributed by atoms with Crippen molar-refractivity contribution in [2.45, 2.75) is 39.0 Å². The summed E-state index contributed by atoms with van der Waals surface area (Å²) in [7, 11) is -3.01. The minimum atomic E-state index is -3.01. The molecule has 0 aromatic rings. The molecule has 0 saturated heterocycles. The van der Waals surface area contributed by atoms with Crippen molar-refractivity contribution in [3.05, 3.63) is 0 Å². The van der Waals surface area contributed by atoms with Crippen molar-refractivity contribution in [2.24, 2.45) is 0 Å². The lowest BCUT2D eigenvalue weighted by molar-refractivity contribution is 0.573. The van der Waals surface area contributed by atoms with Crippen LogP contribution in [0.2, 0.25) is 0 Å². The maximum absolute atomic E-state index is 11.3. The van der Waals surface area contributed by atoms with Crippen LogP contribution in [0.1, 0.15) is 39.0 Å². The molecule has 0 rings (SSSR count). The number of sulfonamides is 1. The first-order valence-corrected chi connectivity index (χ1v) is 7.34. The Balaban J connectivity index is 3.46. The van der Waals surface area contributed by atoms with E-state index in [9.17, 15) is 8.42 Å². The fourth-order valence-corrected chi connectivity index (χ4v) is 2.49. The first-order valence-electron chi connectivity index (χ1n) is 5.15. The van der Waals surface area contributed by atoms with Gasteiger partial charge >= 0.3 is 0 Å². The van der Waals surface area contributed by atoms with Crippen LogP contribution in [0.15, 0.2) is 0 Å². The van der Waals surface area contributed by atoms with Gasteiger partial charge in [0.25, 0.3) is 0 Å². The minimum absolute atomic E-state index is 0.249. The average molecular weight is 242 g/mol. The van der Waals surface area contributed by atoms with Gasteiger partial charge in [0.05, 0.1) is 5.75 Å². The minimum Gasteiger partial charge on any atom is -0.215 e. The quantitative estimate of drug-likeness (QED) is 0.497. The lowest BCUT2D eigenvalue weighted by Crippen LogP contribution is -2.27. The Hall–Kier alpha value is 0.200. The Kier molecular flexibility index (Phi) is 8.63. The third-order valence-corrected chi connectivity index (χ3v) is 3.64. The molecule has 86 valence electrons. The number of hydrogen-bond donors (Lipinski definition) is 1. The number of hydrogen-bond acceptors (Lipinski definition) is 2. The largest absolute Gasteiger partial charge is 0.215 e. The van der Waals surface area contributed by atoms with Gasteiger partial charge in [0.15, 0.2) is 0 Å². The normalized spacial score (nSPS) is 11.9. The van der Waals surface area contributed by atoms with E-state index in [4.69, 9.17) is 11.6 Å². The molecule has 5 heteroatoms. The zero-order valence-electron chi connectivity index (χ0n) is 8.76. The molecule has 0 amide bonds. The summed E-state index contributed by atoms with van der Waals surface area (Å²) in [5.41, 5.74) is 0. The molecule has 0 aliphatic heterocycles. The van der Waals surface area contributed by atoms with Gasteiger partial charge in [-0.25, -0.2) is 13.1 Å². The van der Waals surface area contributed by atoms with Gasteiger partial charge in [-0.15, -0.1) is 11.6 Å². The predicted octanol–water partition coefficient (Wildman–Crippen LogP) is 2.12. The second-order valence-corrected chi connectivity index (χ2v) is 5.62. The van der Waals surface area contributed by atoms with E-state index < -0.39 is 10.0 Å². The molecule has 0 bridgehead atoms. The Morgan fingerprint density at radius 2 is 1.86 bits per heavy atom. The number of rotatable bonds is 9. The standard InChI is InChI=1S/C9H20ClNO2S/c1-2-3-9-14(12,13)11-8-6-4-5-7-10/h11H,2-9H2,1H3. The van der Waals surface area contributed by atoms with E-state index in [1.165, 1.54) is 0 Å². The predicted molar refractivity (Wildman–Crippen MR) is 61.3 cm³/mol. The lowest BCUT2D eigenvalue weighted by Gasteiger charge is -2.05. The first kappa shape index (κ1) is 14.2. The lowest BCUT2D eigenvalue weighted by atomic mass is 10.2. The third-order valence-electron chi connectivity index (χ3n) is 1.90. The molecule has 0 heterocycles. The molecule has 0 atom stereocenters. The van der Waals surface area contributed by atoms with Gasteiger partial charge in [-0.1, -0.05) is 19.8 Å². The molecular weight excluding hydrogens is 222 g/mol. The van der Waals surface area contributed by atoms with Crippen LogP contribution in [0.3, 0.4) is 0 Å². The molecule has 0 unspecified atom stereocenters. The van der Waals surface area contributed by atoms with E-state index in [2.05, 4.69) is 4.72 Å². The number of nitrogens with one attached hydrogen (secondary N) is 1. The van der Waals surface area contributed by atoms with Gasteiger partial charge in [0.1, 0.15) is 0 Å². The molecule has 0 spiro atoms. The zero-order chi connectivity index (χ0) is 10.9. The van der Waals surface area contributed by atoms with Crippen LogP contribution in [0.25, 0.3) is 0 Å². The molecular formula is C9H20ClNO2S. The van der Waals surface area contributed by atoms with E-state index in [1.54, 1.807) is 0 Å². The van der Waals surface area contributed by atoms with Gasteiger partial charge in [0.2, 0.25) is 10.0 Å². The number of unbranched alkanes of at least 4 members (excludes halogenated alkanes) is 3. The number of halogens is 1. The van der Waals surface area contributed by atoms with Crippen molar-refractivity contribution in [1.82, 2.24) is 4.72 Å². The van der Waals surface area contributed by atoms with Gasteiger partial charge < -0.3 is 0 Å². The Bertz CT molecular complexity index is 217. The summed E-state index contributed by atoms with van der Waals surface area (Å²) in [5.74, 6) is 0.904. The maximum atomic E-state index is 11.3. The molecule has 0 saturated carbocycles. The summed E-state index contributed by atoms with van der Waals surface area (Å²) in [6.45, 7) is 2.53. The second kappa shape index (κ2) is 8.50. The SMILES string of the molecule is CCCCS(=O)(=O)NCCCCCCl. The van der Waals surface area contributed by atoms with Crippen molar-refractivity contribution < 1.29 is 8.42 Å². The van der Waals surface area contributed by atoms with E-state index in [-0.39, 0.29) is 5.75 Å². The number of alkyl halides is 1. The molecule has 0 aromatic carbocycles. The van der Waals surface area contributed by atoms with Gasteiger partial charge in [-0.05, 0) is 19.3 Å². The van der Waals surface area contributed by atoms with Crippen LogP contribution in [-0.2, 0) is 10.0 Å². The van der Waals surface area contributed by atoms with Crippen molar-refractivity contribution in [2.75, 3.05) is 18.2 Å². The van der Waals surface area contributed by atoms with Crippen LogP contribution in [-0.4, -0.2) is 26.6 Å². The Labute approximate surface area is 92.3 Å². The van der Waals surface area contributed by atoms with E-state index >= 15 is 0 Å². The maximum Gasteiger partial charge on any atom is 0.211 e. The van der Waals surface area contributed by atoms with Crippen LogP contribution >= 0.6 is 11.6 Å². The van der Waals surface area contributed by atoms with Gasteiger partial charge in [0, 0.05) is 12.4 Å². The Morgan fingerprint density at radius 1 is 1.14 bits per heavy atom. The molecule has 14 heavy (non-hydrogen) atoms. The highest BCUT2D eigenvalue weighted by Gasteiger charge is 2.07. The van der Waals surface area contributed by atoms with Crippen LogP contribution in [0.5, 0.6) is 0 Å². The Morgan fingerprint density at radius 3 is 2.43 bits per heavy atom. The van der Waals surface area contributed by atoms with Gasteiger partial charge in [-0.2, -0.15) is 0 Å². The van der Waals surface area contributed by atoms with E-state index in [0.29, 0.717) is 12.4 Å². The summed E-state index contributed by atoms with van der Waals surface area (Å²) in [5, 5.41) is 0.